The van der Waals surface area contributed by atoms with E-state index in [9.17, 15) is 0 Å². The zero-order valence-corrected chi connectivity index (χ0v) is 12.8. The van der Waals surface area contributed by atoms with Gasteiger partial charge >= 0.3 is 0 Å². The topological polar surface area (TPSA) is 53.7 Å². The van der Waals surface area contributed by atoms with Gasteiger partial charge in [-0.3, -0.25) is 0 Å². The Labute approximate surface area is 130 Å². The van der Waals surface area contributed by atoms with Crippen LogP contribution in [0.25, 0.3) is 0 Å². The van der Waals surface area contributed by atoms with Gasteiger partial charge in [-0.05, 0) is 39.7 Å². The van der Waals surface area contributed by atoms with E-state index in [1.807, 2.05) is 36.4 Å². The molecule has 0 saturated carbocycles. The summed E-state index contributed by atoms with van der Waals surface area (Å²) < 4.78 is 17.9. The molecule has 2 atom stereocenters. The van der Waals surface area contributed by atoms with Crippen molar-refractivity contribution in [1.29, 1.82) is 0 Å². The predicted molar refractivity (Wildman–Crippen MR) is 81.6 cm³/mol. The van der Waals surface area contributed by atoms with Gasteiger partial charge in [-0.1, -0.05) is 18.2 Å². The molecule has 4 nitrogen and oxygen atoms in total. The van der Waals surface area contributed by atoms with Crippen LogP contribution < -0.4 is 19.9 Å². The van der Waals surface area contributed by atoms with E-state index in [1.165, 1.54) is 0 Å². The Hall–Kier alpha value is -1.72. The molecule has 5 heteroatoms. The average Bonchev–Trinajstić information content (AvgIpc) is 2.96. The molecule has 2 heterocycles. The van der Waals surface area contributed by atoms with Crippen molar-refractivity contribution in [3.8, 4) is 17.2 Å². The molecule has 108 valence electrons. The van der Waals surface area contributed by atoms with E-state index in [0.29, 0.717) is 0 Å². The second kappa shape index (κ2) is 4.93. The molecule has 0 aliphatic carbocycles. The smallest absolute Gasteiger partial charge is 0.231 e. The molecular weight excluding hydrogens is 334 g/mol. The summed E-state index contributed by atoms with van der Waals surface area (Å²) in [5, 5.41) is 0. The summed E-state index contributed by atoms with van der Waals surface area (Å²) in [6.07, 6.45) is 0.656. The molecule has 0 saturated heterocycles. The maximum atomic E-state index is 6.28. The first kappa shape index (κ1) is 13.0. The summed E-state index contributed by atoms with van der Waals surface area (Å²) in [6, 6.07) is 11.9. The van der Waals surface area contributed by atoms with Crippen LogP contribution in [0.15, 0.2) is 40.9 Å². The van der Waals surface area contributed by atoms with Crippen LogP contribution in [0.3, 0.4) is 0 Å². The molecule has 0 aromatic heterocycles. The van der Waals surface area contributed by atoms with Gasteiger partial charge in [0.25, 0.3) is 0 Å². The number of hydrogen-bond donors (Lipinski definition) is 1. The highest BCUT2D eigenvalue weighted by molar-refractivity contribution is 9.10. The van der Waals surface area contributed by atoms with Gasteiger partial charge in [0.05, 0.1) is 4.47 Å². The second-order valence-corrected chi connectivity index (χ2v) is 6.08. The van der Waals surface area contributed by atoms with Crippen molar-refractivity contribution in [2.75, 3.05) is 6.79 Å². The Morgan fingerprint density at radius 3 is 2.86 bits per heavy atom. The number of rotatable bonds is 1. The summed E-state index contributed by atoms with van der Waals surface area (Å²) in [5.74, 6) is 2.35. The predicted octanol–water partition coefficient (Wildman–Crippen LogP) is 3.70. The van der Waals surface area contributed by atoms with E-state index in [-0.39, 0.29) is 18.9 Å². The average molecular weight is 348 g/mol. The lowest BCUT2D eigenvalue weighted by atomic mass is 9.93. The van der Waals surface area contributed by atoms with E-state index < -0.39 is 0 Å². The molecule has 0 bridgehead atoms. The zero-order chi connectivity index (χ0) is 14.4. The van der Waals surface area contributed by atoms with Crippen molar-refractivity contribution in [2.24, 2.45) is 5.73 Å². The summed E-state index contributed by atoms with van der Waals surface area (Å²) in [4.78, 5) is 0. The Morgan fingerprint density at radius 2 is 1.95 bits per heavy atom. The Bertz CT molecular complexity index is 704. The van der Waals surface area contributed by atoms with E-state index in [2.05, 4.69) is 15.9 Å². The summed E-state index contributed by atoms with van der Waals surface area (Å²) in [5.41, 5.74) is 8.38. The maximum Gasteiger partial charge on any atom is 0.231 e. The van der Waals surface area contributed by atoms with E-state index in [4.69, 9.17) is 19.9 Å². The van der Waals surface area contributed by atoms with E-state index >= 15 is 0 Å². The van der Waals surface area contributed by atoms with Gasteiger partial charge in [-0.2, -0.15) is 0 Å². The highest BCUT2D eigenvalue weighted by Crippen LogP contribution is 2.45. The number of nitrogens with two attached hydrogens (primary N) is 1. The first-order chi connectivity index (χ1) is 10.2. The Kier molecular flexibility index (Phi) is 3.05. The normalized spacial score (nSPS) is 22.6. The lowest BCUT2D eigenvalue weighted by Gasteiger charge is -2.30. The molecule has 4 rings (SSSR count). The van der Waals surface area contributed by atoms with Gasteiger partial charge in [0, 0.05) is 18.0 Å². The van der Waals surface area contributed by atoms with Crippen molar-refractivity contribution in [2.45, 2.75) is 18.6 Å². The number of fused-ring (bicyclic) bond motifs is 2. The van der Waals surface area contributed by atoms with Crippen molar-refractivity contribution in [3.63, 3.8) is 0 Å². The van der Waals surface area contributed by atoms with E-state index in [1.54, 1.807) is 0 Å². The van der Waals surface area contributed by atoms with Crippen molar-refractivity contribution >= 4 is 15.9 Å². The van der Waals surface area contributed by atoms with Crippen molar-refractivity contribution in [3.05, 3.63) is 52.0 Å². The molecule has 1 unspecified atom stereocenters. The van der Waals surface area contributed by atoms with Crippen LogP contribution in [0.4, 0.5) is 0 Å². The largest absolute Gasteiger partial charge is 0.485 e. The maximum absolute atomic E-state index is 6.28. The molecule has 0 fully saturated rings. The minimum absolute atomic E-state index is 0.0239. The minimum atomic E-state index is -0.0827. The zero-order valence-electron chi connectivity index (χ0n) is 11.2. The number of ether oxygens (including phenoxy) is 3. The standard InChI is InChI=1S/C16H14BrNO3/c17-11-5-9(6-15-16(11)20-8-19-15)14-7-12(18)10-3-1-2-4-13(10)21-14/h1-6,12,14H,7-8,18H2/t12-,14?/m0/s1. The summed E-state index contributed by atoms with van der Waals surface area (Å²) in [7, 11) is 0. The highest BCUT2D eigenvalue weighted by Gasteiger charge is 2.29. The molecule has 2 N–H and O–H groups in total. The van der Waals surface area contributed by atoms with Gasteiger partial charge < -0.3 is 19.9 Å². The van der Waals surface area contributed by atoms with Crippen LogP contribution in [-0.2, 0) is 0 Å². The van der Waals surface area contributed by atoms with Crippen LogP contribution in [0, 0.1) is 0 Å². The molecule has 0 amide bonds. The molecule has 2 aromatic carbocycles. The summed E-state index contributed by atoms with van der Waals surface area (Å²) >= 11 is 3.52. The third kappa shape index (κ3) is 2.17. The third-order valence-corrected chi connectivity index (χ3v) is 4.47. The second-order valence-electron chi connectivity index (χ2n) is 5.22. The number of benzene rings is 2. The first-order valence-electron chi connectivity index (χ1n) is 6.82. The Balaban J connectivity index is 1.71. The van der Waals surface area contributed by atoms with E-state index in [0.717, 1.165) is 39.3 Å². The number of hydrogen-bond acceptors (Lipinski definition) is 4. The quantitative estimate of drug-likeness (QED) is 0.854. The third-order valence-electron chi connectivity index (χ3n) is 3.88. The SMILES string of the molecule is N[C@H]1CC(c2cc(Br)c3c(c2)OCO3)Oc2ccccc21. The minimum Gasteiger partial charge on any atom is -0.485 e. The van der Waals surface area contributed by atoms with Crippen LogP contribution in [0.5, 0.6) is 17.2 Å². The van der Waals surface area contributed by atoms with Crippen LogP contribution >= 0.6 is 15.9 Å². The molecule has 2 aromatic rings. The fraction of sp³-hybridized carbons (Fsp3) is 0.250. The monoisotopic (exact) mass is 347 g/mol. The molecule has 2 aliphatic rings. The molecule has 0 spiro atoms. The van der Waals surface area contributed by atoms with Crippen LogP contribution in [0.1, 0.15) is 29.7 Å². The lowest BCUT2D eigenvalue weighted by molar-refractivity contribution is 0.160. The van der Waals surface area contributed by atoms with Gasteiger partial charge in [-0.15, -0.1) is 0 Å². The fourth-order valence-corrected chi connectivity index (χ4v) is 3.40. The molecule has 21 heavy (non-hydrogen) atoms. The Morgan fingerprint density at radius 1 is 1.10 bits per heavy atom. The highest BCUT2D eigenvalue weighted by atomic mass is 79.9. The van der Waals surface area contributed by atoms with Gasteiger partial charge in [0.1, 0.15) is 11.9 Å². The van der Waals surface area contributed by atoms with Gasteiger partial charge in [-0.25, -0.2) is 0 Å². The van der Waals surface area contributed by atoms with Gasteiger partial charge in [0.15, 0.2) is 11.5 Å². The molecule has 0 radical (unpaired) electrons. The van der Waals surface area contributed by atoms with Crippen molar-refractivity contribution < 1.29 is 14.2 Å². The van der Waals surface area contributed by atoms with Crippen LogP contribution in [0.2, 0.25) is 0 Å². The number of para-hydroxylation sites is 1. The lowest BCUT2D eigenvalue weighted by Crippen LogP contribution is -2.24. The summed E-state index contributed by atoms with van der Waals surface area (Å²) in [6.45, 7) is 0.255. The molecular formula is C16H14BrNO3. The fourth-order valence-electron chi connectivity index (χ4n) is 2.83. The van der Waals surface area contributed by atoms with Gasteiger partial charge in [0.2, 0.25) is 6.79 Å². The van der Waals surface area contributed by atoms with Crippen molar-refractivity contribution in [1.82, 2.24) is 0 Å². The molecule has 2 aliphatic heterocycles. The first-order valence-corrected chi connectivity index (χ1v) is 7.62. The van der Waals surface area contributed by atoms with Crippen LogP contribution in [-0.4, -0.2) is 6.79 Å². The number of halogens is 1.